The minimum Gasteiger partial charge on any atom is -0.374 e. The van der Waals surface area contributed by atoms with Gasteiger partial charge in [-0.15, -0.1) is 0 Å². The first kappa shape index (κ1) is 16.4. The van der Waals surface area contributed by atoms with Gasteiger partial charge < -0.3 is 15.0 Å². The molecule has 1 aliphatic rings. The van der Waals surface area contributed by atoms with Crippen molar-refractivity contribution in [2.75, 3.05) is 52.9 Å². The van der Waals surface area contributed by atoms with Crippen molar-refractivity contribution in [1.82, 2.24) is 15.1 Å². The molecule has 0 aliphatic carbocycles. The van der Waals surface area contributed by atoms with E-state index in [0.29, 0.717) is 13.0 Å². The van der Waals surface area contributed by atoms with Crippen molar-refractivity contribution in [3.05, 3.63) is 0 Å². The quantitative estimate of drug-likeness (QED) is 0.655. The minimum atomic E-state index is 0.154. The van der Waals surface area contributed by atoms with Gasteiger partial charge in [-0.1, -0.05) is 13.8 Å². The summed E-state index contributed by atoms with van der Waals surface area (Å²) in [4.78, 5) is 16.0. The van der Waals surface area contributed by atoms with E-state index in [1.54, 1.807) is 0 Å². The lowest BCUT2D eigenvalue weighted by Crippen LogP contribution is -2.49. The summed E-state index contributed by atoms with van der Waals surface area (Å²) in [5.41, 5.74) is 0. The van der Waals surface area contributed by atoms with E-state index >= 15 is 0 Å². The molecule has 1 aliphatic heterocycles. The maximum atomic E-state index is 11.8. The molecule has 1 N–H and O–H groups in total. The van der Waals surface area contributed by atoms with Gasteiger partial charge in [0.25, 0.3) is 0 Å². The highest BCUT2D eigenvalue weighted by atomic mass is 16.5. The Morgan fingerprint density at radius 3 is 2.95 bits per heavy atom. The molecule has 0 aromatic heterocycles. The molecule has 1 amide bonds. The molecule has 0 aromatic carbocycles. The van der Waals surface area contributed by atoms with Crippen LogP contribution in [0.25, 0.3) is 0 Å². The van der Waals surface area contributed by atoms with Crippen LogP contribution in [0.1, 0.15) is 26.7 Å². The van der Waals surface area contributed by atoms with E-state index in [1.807, 2.05) is 18.9 Å². The van der Waals surface area contributed by atoms with Crippen molar-refractivity contribution >= 4 is 5.91 Å². The minimum absolute atomic E-state index is 0.154. The van der Waals surface area contributed by atoms with E-state index < -0.39 is 0 Å². The molecule has 0 spiro atoms. The van der Waals surface area contributed by atoms with Crippen LogP contribution in [0, 0.1) is 0 Å². The van der Waals surface area contributed by atoms with E-state index in [0.717, 1.165) is 45.8 Å². The number of hydrogen-bond donors (Lipinski definition) is 1. The lowest BCUT2D eigenvalue weighted by molar-refractivity contribution is -0.133. The van der Waals surface area contributed by atoms with Gasteiger partial charge in [-0.2, -0.15) is 0 Å². The molecule has 1 fully saturated rings. The first-order valence-corrected chi connectivity index (χ1v) is 7.46. The summed E-state index contributed by atoms with van der Waals surface area (Å²) in [6.07, 6.45) is 1.69. The lowest BCUT2D eigenvalue weighted by Gasteiger charge is -2.34. The average molecular weight is 271 g/mol. The number of amides is 1. The molecule has 1 heterocycles. The maximum absolute atomic E-state index is 11.8. The number of nitrogens with one attached hydrogen (secondary N) is 1. The molecule has 112 valence electrons. The number of morpholine rings is 1. The van der Waals surface area contributed by atoms with Gasteiger partial charge in [0.15, 0.2) is 0 Å². The Kier molecular flexibility index (Phi) is 8.02. The third kappa shape index (κ3) is 6.36. The number of rotatable bonds is 8. The maximum Gasteiger partial charge on any atom is 0.222 e. The van der Waals surface area contributed by atoms with Crippen LogP contribution >= 0.6 is 0 Å². The zero-order valence-corrected chi connectivity index (χ0v) is 12.7. The van der Waals surface area contributed by atoms with Gasteiger partial charge in [-0.25, -0.2) is 0 Å². The number of nitrogens with zero attached hydrogens (tertiary/aromatic N) is 2. The summed E-state index contributed by atoms with van der Waals surface area (Å²) in [5.74, 6) is 0.218. The Morgan fingerprint density at radius 1 is 1.47 bits per heavy atom. The highest BCUT2D eigenvalue weighted by molar-refractivity contribution is 5.75. The second-order valence-corrected chi connectivity index (χ2v) is 5.17. The molecular formula is C14H29N3O2. The summed E-state index contributed by atoms with van der Waals surface area (Å²) in [7, 11) is 1.87. The van der Waals surface area contributed by atoms with Gasteiger partial charge in [0, 0.05) is 46.2 Å². The number of carbonyl (C=O) groups excluding carboxylic acids is 1. The van der Waals surface area contributed by atoms with Crippen molar-refractivity contribution in [2.45, 2.75) is 32.8 Å². The Bertz CT molecular complexity index is 261. The lowest BCUT2D eigenvalue weighted by atomic mass is 10.2. The molecule has 0 bridgehead atoms. The normalized spacial score (nSPS) is 20.5. The second kappa shape index (κ2) is 9.28. The van der Waals surface area contributed by atoms with E-state index in [9.17, 15) is 4.79 Å². The van der Waals surface area contributed by atoms with Crippen molar-refractivity contribution < 1.29 is 9.53 Å². The SMILES string of the molecule is CCCC(=O)N(C)C[C@H]1CN(CCNCC)CCO1. The fourth-order valence-electron chi connectivity index (χ4n) is 2.32. The Balaban J connectivity index is 2.27. The zero-order valence-electron chi connectivity index (χ0n) is 12.7. The Morgan fingerprint density at radius 2 is 2.26 bits per heavy atom. The third-order valence-corrected chi connectivity index (χ3v) is 3.44. The predicted octanol–water partition coefficient (Wildman–Crippen LogP) is 0.555. The first-order valence-electron chi connectivity index (χ1n) is 7.46. The molecule has 0 aromatic rings. The average Bonchev–Trinajstić information content (AvgIpc) is 2.40. The first-order chi connectivity index (χ1) is 9.17. The highest BCUT2D eigenvalue weighted by Crippen LogP contribution is 2.07. The van der Waals surface area contributed by atoms with Gasteiger partial charge in [-0.3, -0.25) is 9.69 Å². The molecular weight excluding hydrogens is 242 g/mol. The van der Waals surface area contributed by atoms with Crippen LogP contribution in [0.4, 0.5) is 0 Å². The second-order valence-electron chi connectivity index (χ2n) is 5.17. The highest BCUT2D eigenvalue weighted by Gasteiger charge is 2.22. The summed E-state index contributed by atoms with van der Waals surface area (Å²) in [6, 6.07) is 0. The molecule has 0 unspecified atom stereocenters. The van der Waals surface area contributed by atoms with Crippen molar-refractivity contribution in [2.24, 2.45) is 0 Å². The summed E-state index contributed by atoms with van der Waals surface area (Å²) >= 11 is 0. The van der Waals surface area contributed by atoms with E-state index in [2.05, 4.69) is 17.1 Å². The fourth-order valence-corrected chi connectivity index (χ4v) is 2.32. The molecule has 0 radical (unpaired) electrons. The number of likely N-dealkylation sites (N-methyl/N-ethyl adjacent to an activating group) is 2. The third-order valence-electron chi connectivity index (χ3n) is 3.44. The van der Waals surface area contributed by atoms with Crippen molar-refractivity contribution in [1.29, 1.82) is 0 Å². The smallest absolute Gasteiger partial charge is 0.222 e. The molecule has 1 atom stereocenters. The van der Waals surface area contributed by atoms with E-state index in [1.165, 1.54) is 0 Å². The summed E-state index contributed by atoms with van der Waals surface area (Å²) < 4.78 is 5.76. The van der Waals surface area contributed by atoms with E-state index in [4.69, 9.17) is 4.74 Å². The van der Waals surface area contributed by atoms with Crippen LogP contribution in [0.2, 0.25) is 0 Å². The standard InChI is InChI=1S/C14H29N3O2/c1-4-6-14(18)16(3)11-13-12-17(9-10-19-13)8-7-15-5-2/h13,15H,4-12H2,1-3H3/t13-/m0/s1. The summed E-state index contributed by atoms with van der Waals surface area (Å²) in [6.45, 7) is 10.6. The number of ether oxygens (including phenoxy) is 1. The van der Waals surface area contributed by atoms with Gasteiger partial charge in [0.05, 0.1) is 12.7 Å². The van der Waals surface area contributed by atoms with Crippen LogP contribution < -0.4 is 5.32 Å². The molecule has 1 saturated heterocycles. The van der Waals surface area contributed by atoms with Crippen molar-refractivity contribution in [3.63, 3.8) is 0 Å². The van der Waals surface area contributed by atoms with Gasteiger partial charge in [-0.05, 0) is 13.0 Å². The van der Waals surface area contributed by atoms with Crippen LogP contribution in [0.3, 0.4) is 0 Å². The molecule has 1 rings (SSSR count). The van der Waals surface area contributed by atoms with Crippen LogP contribution in [0.5, 0.6) is 0 Å². The monoisotopic (exact) mass is 271 g/mol. The van der Waals surface area contributed by atoms with Gasteiger partial charge in [0.2, 0.25) is 5.91 Å². The zero-order chi connectivity index (χ0) is 14.1. The Labute approximate surface area is 117 Å². The van der Waals surface area contributed by atoms with Crippen LogP contribution in [0.15, 0.2) is 0 Å². The topological polar surface area (TPSA) is 44.8 Å². The fraction of sp³-hybridized carbons (Fsp3) is 0.929. The van der Waals surface area contributed by atoms with E-state index in [-0.39, 0.29) is 12.0 Å². The predicted molar refractivity (Wildman–Crippen MR) is 77.3 cm³/mol. The Hall–Kier alpha value is -0.650. The largest absolute Gasteiger partial charge is 0.374 e. The number of hydrogen-bond acceptors (Lipinski definition) is 4. The van der Waals surface area contributed by atoms with Crippen LogP contribution in [-0.2, 0) is 9.53 Å². The summed E-state index contributed by atoms with van der Waals surface area (Å²) in [5, 5.41) is 3.34. The number of carbonyl (C=O) groups is 1. The van der Waals surface area contributed by atoms with Gasteiger partial charge in [0.1, 0.15) is 0 Å². The molecule has 0 saturated carbocycles. The molecule has 5 nitrogen and oxygen atoms in total. The van der Waals surface area contributed by atoms with Gasteiger partial charge >= 0.3 is 0 Å². The molecule has 19 heavy (non-hydrogen) atoms. The van der Waals surface area contributed by atoms with Crippen molar-refractivity contribution in [3.8, 4) is 0 Å². The molecule has 5 heteroatoms. The van der Waals surface area contributed by atoms with Crippen LogP contribution in [-0.4, -0.2) is 74.7 Å².